The van der Waals surface area contributed by atoms with Gasteiger partial charge in [0.25, 0.3) is 0 Å². The number of aliphatic hydroxyl groups is 1. The minimum Gasteiger partial charge on any atom is -0.497 e. The summed E-state index contributed by atoms with van der Waals surface area (Å²) >= 11 is 3.27. The maximum absolute atomic E-state index is 10.5. The Bertz CT molecular complexity index is 566. The van der Waals surface area contributed by atoms with Crippen LogP contribution >= 0.6 is 15.9 Å². The maximum atomic E-state index is 10.5. The summed E-state index contributed by atoms with van der Waals surface area (Å²) in [6.07, 6.45) is -0.893. The van der Waals surface area contributed by atoms with Crippen LogP contribution in [0, 0.1) is 0 Å². The highest BCUT2D eigenvalue weighted by Crippen LogP contribution is 2.34. The molecular weight excluding hydrogens is 314 g/mol. The molecule has 0 aliphatic heterocycles. The molecule has 102 valence electrons. The molecule has 1 heterocycles. The summed E-state index contributed by atoms with van der Waals surface area (Å²) in [5.41, 5.74) is 1.18. The van der Waals surface area contributed by atoms with E-state index in [1.807, 2.05) is 0 Å². The van der Waals surface area contributed by atoms with Crippen molar-refractivity contribution in [2.24, 2.45) is 7.05 Å². The predicted octanol–water partition coefficient (Wildman–Crippen LogP) is 1.68. The number of ether oxygens (including phenoxy) is 2. The monoisotopic (exact) mass is 327 g/mol. The molecule has 1 aromatic carbocycles. The average Bonchev–Trinajstić information content (AvgIpc) is 2.76. The predicted molar refractivity (Wildman–Crippen MR) is 72.3 cm³/mol. The van der Waals surface area contributed by atoms with Crippen LogP contribution < -0.4 is 9.47 Å². The number of aliphatic hydroxyl groups excluding tert-OH is 1. The van der Waals surface area contributed by atoms with Crippen molar-refractivity contribution in [3.8, 4) is 11.5 Å². The average molecular weight is 328 g/mol. The van der Waals surface area contributed by atoms with E-state index in [-0.39, 0.29) is 0 Å². The first-order valence-corrected chi connectivity index (χ1v) is 6.32. The number of nitrogens with zero attached hydrogens (tertiary/aromatic N) is 3. The normalized spacial score (nSPS) is 12.3. The molecule has 0 radical (unpaired) electrons. The molecule has 0 aliphatic rings. The van der Waals surface area contributed by atoms with Crippen LogP contribution in [-0.4, -0.2) is 34.3 Å². The smallest absolute Gasteiger partial charge is 0.154 e. The third kappa shape index (κ3) is 2.57. The number of methoxy groups -OCH3 is 2. The summed E-state index contributed by atoms with van der Waals surface area (Å²) in [5.74, 6) is 1.20. The number of hydrogen-bond donors (Lipinski definition) is 1. The SMILES string of the molecule is COc1ccc(C(O)c2c(Br)nnn2C)c(OC)c1. The number of halogens is 1. The van der Waals surface area contributed by atoms with E-state index in [0.29, 0.717) is 27.4 Å². The fraction of sp³-hybridized carbons (Fsp3) is 0.333. The maximum Gasteiger partial charge on any atom is 0.154 e. The van der Waals surface area contributed by atoms with Gasteiger partial charge in [0.15, 0.2) is 4.60 Å². The summed E-state index contributed by atoms with van der Waals surface area (Å²) < 4.78 is 12.4. The van der Waals surface area contributed by atoms with Crippen LogP contribution in [0.4, 0.5) is 0 Å². The molecule has 0 fully saturated rings. The molecule has 7 heteroatoms. The molecule has 0 bridgehead atoms. The fourth-order valence-electron chi connectivity index (χ4n) is 1.82. The van der Waals surface area contributed by atoms with Crippen molar-refractivity contribution in [1.82, 2.24) is 15.0 Å². The lowest BCUT2D eigenvalue weighted by atomic mass is 10.1. The lowest BCUT2D eigenvalue weighted by Crippen LogP contribution is -2.08. The van der Waals surface area contributed by atoms with Crippen LogP contribution in [0.25, 0.3) is 0 Å². The van der Waals surface area contributed by atoms with Gasteiger partial charge in [0.05, 0.1) is 14.2 Å². The molecule has 0 saturated heterocycles. The van der Waals surface area contributed by atoms with E-state index in [4.69, 9.17) is 9.47 Å². The zero-order valence-corrected chi connectivity index (χ0v) is 12.4. The van der Waals surface area contributed by atoms with Crippen LogP contribution in [0.5, 0.6) is 11.5 Å². The van der Waals surface area contributed by atoms with Crippen LogP contribution in [-0.2, 0) is 7.05 Å². The van der Waals surface area contributed by atoms with Crippen LogP contribution in [0.3, 0.4) is 0 Å². The number of aryl methyl sites for hydroxylation is 1. The van der Waals surface area contributed by atoms with Crippen LogP contribution in [0.1, 0.15) is 17.4 Å². The second-order valence-electron chi connectivity index (χ2n) is 3.90. The molecule has 1 N–H and O–H groups in total. The van der Waals surface area contributed by atoms with Crippen molar-refractivity contribution in [1.29, 1.82) is 0 Å². The van der Waals surface area contributed by atoms with Gasteiger partial charge in [-0.25, -0.2) is 4.68 Å². The highest BCUT2D eigenvalue weighted by atomic mass is 79.9. The van der Waals surface area contributed by atoms with Gasteiger partial charge in [-0.2, -0.15) is 0 Å². The second kappa shape index (κ2) is 5.58. The van der Waals surface area contributed by atoms with Crippen molar-refractivity contribution in [2.45, 2.75) is 6.10 Å². The summed E-state index contributed by atoms with van der Waals surface area (Å²) in [7, 11) is 4.83. The Balaban J connectivity index is 2.47. The molecule has 0 saturated carbocycles. The Morgan fingerprint density at radius 3 is 2.58 bits per heavy atom. The fourth-order valence-corrected chi connectivity index (χ4v) is 2.37. The van der Waals surface area contributed by atoms with Crippen LogP contribution in [0.2, 0.25) is 0 Å². The van der Waals surface area contributed by atoms with Crippen molar-refractivity contribution in [3.05, 3.63) is 34.1 Å². The van der Waals surface area contributed by atoms with Gasteiger partial charge in [0, 0.05) is 18.7 Å². The second-order valence-corrected chi connectivity index (χ2v) is 4.65. The first kappa shape index (κ1) is 13.8. The highest BCUT2D eigenvalue weighted by molar-refractivity contribution is 9.10. The van der Waals surface area contributed by atoms with Gasteiger partial charge in [0.1, 0.15) is 23.3 Å². The number of benzene rings is 1. The largest absolute Gasteiger partial charge is 0.497 e. The minimum absolute atomic E-state index is 0.500. The quantitative estimate of drug-likeness (QED) is 0.925. The van der Waals surface area contributed by atoms with Gasteiger partial charge in [-0.05, 0) is 28.1 Å². The van der Waals surface area contributed by atoms with E-state index in [1.165, 1.54) is 4.68 Å². The first-order chi connectivity index (χ1) is 9.08. The van der Waals surface area contributed by atoms with Crippen molar-refractivity contribution >= 4 is 15.9 Å². The number of hydrogen-bond acceptors (Lipinski definition) is 5. The van der Waals surface area contributed by atoms with Crippen molar-refractivity contribution < 1.29 is 14.6 Å². The molecular formula is C12H14BrN3O3. The van der Waals surface area contributed by atoms with Gasteiger partial charge in [-0.3, -0.25) is 0 Å². The summed E-state index contributed by atoms with van der Waals surface area (Å²) in [5, 5.41) is 18.2. The highest BCUT2D eigenvalue weighted by Gasteiger charge is 2.22. The minimum atomic E-state index is -0.893. The van der Waals surface area contributed by atoms with Crippen LogP contribution in [0.15, 0.2) is 22.8 Å². The van der Waals surface area contributed by atoms with E-state index in [1.54, 1.807) is 39.5 Å². The number of rotatable bonds is 4. The summed E-state index contributed by atoms with van der Waals surface area (Å²) in [6.45, 7) is 0. The zero-order chi connectivity index (χ0) is 14.0. The van der Waals surface area contributed by atoms with E-state index >= 15 is 0 Å². The number of aromatic nitrogens is 3. The van der Waals surface area contributed by atoms with E-state index in [9.17, 15) is 5.11 Å². The van der Waals surface area contributed by atoms with Gasteiger partial charge < -0.3 is 14.6 Å². The Hall–Kier alpha value is -1.60. The van der Waals surface area contributed by atoms with E-state index < -0.39 is 6.10 Å². The third-order valence-electron chi connectivity index (χ3n) is 2.82. The van der Waals surface area contributed by atoms with Gasteiger partial charge in [-0.15, -0.1) is 5.10 Å². The molecule has 2 aromatic rings. The standard InChI is InChI=1S/C12H14BrN3O3/c1-16-10(12(13)14-15-16)11(17)8-5-4-7(18-2)6-9(8)19-3/h4-6,11,17H,1-3H3. The van der Waals surface area contributed by atoms with Crippen molar-refractivity contribution in [2.75, 3.05) is 14.2 Å². The summed E-state index contributed by atoms with van der Waals surface area (Å²) in [4.78, 5) is 0. The lowest BCUT2D eigenvalue weighted by Gasteiger charge is -2.16. The van der Waals surface area contributed by atoms with Crippen molar-refractivity contribution in [3.63, 3.8) is 0 Å². The molecule has 2 rings (SSSR count). The zero-order valence-electron chi connectivity index (χ0n) is 10.8. The molecule has 0 aliphatic carbocycles. The molecule has 0 amide bonds. The lowest BCUT2D eigenvalue weighted by molar-refractivity contribution is 0.203. The summed E-state index contributed by atoms with van der Waals surface area (Å²) in [6, 6.07) is 5.23. The molecule has 6 nitrogen and oxygen atoms in total. The topological polar surface area (TPSA) is 69.4 Å². The Labute approximate surface area is 119 Å². The Kier molecular flexibility index (Phi) is 4.06. The third-order valence-corrected chi connectivity index (χ3v) is 3.39. The molecule has 19 heavy (non-hydrogen) atoms. The Morgan fingerprint density at radius 2 is 2.05 bits per heavy atom. The first-order valence-electron chi connectivity index (χ1n) is 5.53. The van der Waals surface area contributed by atoms with Gasteiger partial charge in [0.2, 0.25) is 0 Å². The molecule has 1 unspecified atom stereocenters. The van der Waals surface area contributed by atoms with Gasteiger partial charge >= 0.3 is 0 Å². The Morgan fingerprint density at radius 1 is 1.32 bits per heavy atom. The molecule has 0 spiro atoms. The molecule has 1 aromatic heterocycles. The van der Waals surface area contributed by atoms with E-state index in [0.717, 1.165) is 0 Å². The molecule has 1 atom stereocenters. The van der Waals surface area contributed by atoms with E-state index in [2.05, 4.69) is 26.2 Å². The van der Waals surface area contributed by atoms with Gasteiger partial charge in [-0.1, -0.05) is 5.21 Å².